The molecule has 0 aliphatic heterocycles. The van der Waals surface area contributed by atoms with Crippen LogP contribution >= 0.6 is 0 Å². The number of rotatable bonds is 4. The van der Waals surface area contributed by atoms with Gasteiger partial charge in [0.1, 0.15) is 0 Å². The first-order chi connectivity index (χ1) is 8.27. The van der Waals surface area contributed by atoms with Crippen LogP contribution in [0, 0.1) is 0 Å². The molecule has 1 aliphatic carbocycles. The molecule has 0 saturated heterocycles. The number of nitrogens with one attached hydrogen (secondary N) is 1. The van der Waals surface area contributed by atoms with E-state index in [0.717, 1.165) is 12.8 Å². The molecule has 0 heterocycles. The summed E-state index contributed by atoms with van der Waals surface area (Å²) in [7, 11) is 0. The Bertz CT molecular complexity index is 364. The quantitative estimate of drug-likeness (QED) is 0.839. The van der Waals surface area contributed by atoms with Crippen molar-refractivity contribution >= 4 is 5.97 Å². The van der Waals surface area contributed by atoms with Gasteiger partial charge in [0.15, 0.2) is 0 Å². The molecule has 0 aromatic heterocycles. The highest BCUT2D eigenvalue weighted by molar-refractivity contribution is 5.69. The lowest BCUT2D eigenvalue weighted by molar-refractivity contribution is -0.136. The van der Waals surface area contributed by atoms with Gasteiger partial charge in [-0.2, -0.15) is 0 Å². The summed E-state index contributed by atoms with van der Waals surface area (Å²) in [4.78, 5) is 10.6. The maximum atomic E-state index is 10.6. The van der Waals surface area contributed by atoms with E-state index >= 15 is 0 Å². The number of aliphatic carboxylic acids is 1. The molecule has 1 fully saturated rings. The van der Waals surface area contributed by atoms with Crippen molar-refractivity contribution in [3.05, 3.63) is 35.9 Å². The molecular formula is C14H19NO2. The lowest BCUT2D eigenvalue weighted by Gasteiger charge is -2.32. The number of hydrogen-bond acceptors (Lipinski definition) is 2. The van der Waals surface area contributed by atoms with Crippen LogP contribution in [0.2, 0.25) is 0 Å². The molecule has 2 atom stereocenters. The third-order valence-electron chi connectivity index (χ3n) is 3.51. The van der Waals surface area contributed by atoms with Gasteiger partial charge in [0.25, 0.3) is 0 Å². The third kappa shape index (κ3) is 3.30. The van der Waals surface area contributed by atoms with Crippen molar-refractivity contribution in [2.24, 2.45) is 0 Å². The van der Waals surface area contributed by atoms with E-state index in [1.807, 2.05) is 6.07 Å². The predicted octanol–water partition coefficient (Wildman–Crippen LogP) is 2.39. The topological polar surface area (TPSA) is 49.3 Å². The van der Waals surface area contributed by atoms with Crippen LogP contribution in [0.4, 0.5) is 0 Å². The zero-order valence-electron chi connectivity index (χ0n) is 9.93. The molecule has 17 heavy (non-hydrogen) atoms. The molecule has 3 nitrogen and oxygen atoms in total. The molecule has 2 unspecified atom stereocenters. The summed E-state index contributed by atoms with van der Waals surface area (Å²) in [6, 6.07) is 10.7. The fourth-order valence-corrected chi connectivity index (χ4v) is 2.69. The minimum absolute atomic E-state index is 0.0635. The van der Waals surface area contributed by atoms with E-state index in [-0.39, 0.29) is 6.54 Å². The first-order valence-electron chi connectivity index (χ1n) is 6.27. The van der Waals surface area contributed by atoms with Crippen molar-refractivity contribution < 1.29 is 9.90 Å². The lowest BCUT2D eigenvalue weighted by atomic mass is 9.80. The second-order valence-electron chi connectivity index (χ2n) is 4.68. The minimum Gasteiger partial charge on any atom is -0.480 e. The molecule has 1 saturated carbocycles. The Morgan fingerprint density at radius 2 is 1.94 bits per heavy atom. The summed E-state index contributed by atoms with van der Waals surface area (Å²) in [6.07, 6.45) is 4.67. The molecule has 0 bridgehead atoms. The highest BCUT2D eigenvalue weighted by atomic mass is 16.4. The summed E-state index contributed by atoms with van der Waals surface area (Å²) < 4.78 is 0. The maximum absolute atomic E-state index is 10.6. The van der Waals surface area contributed by atoms with Gasteiger partial charge in [0, 0.05) is 6.04 Å². The molecule has 2 N–H and O–H groups in total. The first-order valence-corrected chi connectivity index (χ1v) is 6.27. The fourth-order valence-electron chi connectivity index (χ4n) is 2.69. The highest BCUT2D eigenvalue weighted by Gasteiger charge is 2.26. The Morgan fingerprint density at radius 1 is 1.24 bits per heavy atom. The van der Waals surface area contributed by atoms with Gasteiger partial charge in [0.2, 0.25) is 0 Å². The molecule has 1 aromatic carbocycles. The molecule has 0 spiro atoms. The number of benzene rings is 1. The minimum atomic E-state index is -0.776. The molecule has 1 aromatic rings. The SMILES string of the molecule is O=C(O)CNC1CCCCC1c1ccccc1. The third-order valence-corrected chi connectivity index (χ3v) is 3.51. The normalized spacial score (nSPS) is 24.5. The zero-order chi connectivity index (χ0) is 12.1. The molecule has 0 amide bonds. The second kappa shape index (κ2) is 5.82. The number of hydrogen-bond donors (Lipinski definition) is 2. The largest absolute Gasteiger partial charge is 0.480 e. The highest BCUT2D eigenvalue weighted by Crippen LogP contribution is 2.32. The van der Waals surface area contributed by atoms with Gasteiger partial charge in [-0.05, 0) is 24.3 Å². The van der Waals surface area contributed by atoms with Crippen LogP contribution in [0.1, 0.15) is 37.2 Å². The molecule has 92 valence electrons. The van der Waals surface area contributed by atoms with Gasteiger partial charge in [0.05, 0.1) is 6.54 Å². The molecule has 1 aliphatic rings. The summed E-state index contributed by atoms with van der Waals surface area (Å²) in [6.45, 7) is 0.0635. The van der Waals surface area contributed by atoms with Gasteiger partial charge in [-0.15, -0.1) is 0 Å². The molecule has 2 rings (SSSR count). The van der Waals surface area contributed by atoms with Crippen molar-refractivity contribution in [2.75, 3.05) is 6.54 Å². The van der Waals surface area contributed by atoms with Crippen LogP contribution in [-0.2, 0) is 4.79 Å². The van der Waals surface area contributed by atoms with E-state index in [1.54, 1.807) is 0 Å². The van der Waals surface area contributed by atoms with E-state index in [2.05, 4.69) is 29.6 Å². The lowest BCUT2D eigenvalue weighted by Crippen LogP contribution is -2.39. The smallest absolute Gasteiger partial charge is 0.317 e. The van der Waals surface area contributed by atoms with Crippen molar-refractivity contribution in [3.8, 4) is 0 Å². The van der Waals surface area contributed by atoms with Gasteiger partial charge < -0.3 is 10.4 Å². The Kier molecular flexibility index (Phi) is 4.15. The van der Waals surface area contributed by atoms with Crippen LogP contribution in [-0.4, -0.2) is 23.7 Å². The van der Waals surface area contributed by atoms with Crippen molar-refractivity contribution in [1.29, 1.82) is 0 Å². The average molecular weight is 233 g/mol. The van der Waals surface area contributed by atoms with Crippen molar-refractivity contribution in [3.63, 3.8) is 0 Å². The van der Waals surface area contributed by atoms with Crippen molar-refractivity contribution in [2.45, 2.75) is 37.6 Å². The zero-order valence-corrected chi connectivity index (χ0v) is 9.93. The first kappa shape index (κ1) is 12.1. The van der Waals surface area contributed by atoms with Gasteiger partial charge in [-0.25, -0.2) is 0 Å². The van der Waals surface area contributed by atoms with Gasteiger partial charge in [-0.3, -0.25) is 4.79 Å². The summed E-state index contributed by atoms with van der Waals surface area (Å²) in [5.41, 5.74) is 1.33. The van der Waals surface area contributed by atoms with E-state index in [9.17, 15) is 4.79 Å². The molecule has 0 radical (unpaired) electrons. The Hall–Kier alpha value is -1.35. The van der Waals surface area contributed by atoms with Crippen LogP contribution < -0.4 is 5.32 Å². The van der Waals surface area contributed by atoms with Crippen LogP contribution in [0.5, 0.6) is 0 Å². The van der Waals surface area contributed by atoms with Crippen LogP contribution in [0.25, 0.3) is 0 Å². The van der Waals surface area contributed by atoms with E-state index in [0.29, 0.717) is 12.0 Å². The number of carboxylic acids is 1. The van der Waals surface area contributed by atoms with E-state index in [4.69, 9.17) is 5.11 Å². The average Bonchev–Trinajstić information content (AvgIpc) is 2.38. The van der Waals surface area contributed by atoms with E-state index in [1.165, 1.54) is 18.4 Å². The fraction of sp³-hybridized carbons (Fsp3) is 0.500. The Labute approximate surface area is 102 Å². The summed E-state index contributed by atoms with van der Waals surface area (Å²) >= 11 is 0. The number of carbonyl (C=O) groups is 1. The Morgan fingerprint density at radius 3 is 2.65 bits per heavy atom. The number of carboxylic acid groups (broad SMARTS) is 1. The molecule has 3 heteroatoms. The predicted molar refractivity (Wildman–Crippen MR) is 67.1 cm³/mol. The van der Waals surface area contributed by atoms with Crippen LogP contribution in [0.3, 0.4) is 0 Å². The summed E-state index contributed by atoms with van der Waals surface area (Å²) in [5.74, 6) is -0.313. The Balaban J connectivity index is 2.04. The van der Waals surface area contributed by atoms with E-state index < -0.39 is 5.97 Å². The summed E-state index contributed by atoms with van der Waals surface area (Å²) in [5, 5.41) is 11.9. The maximum Gasteiger partial charge on any atom is 0.317 e. The van der Waals surface area contributed by atoms with Crippen LogP contribution in [0.15, 0.2) is 30.3 Å². The standard InChI is InChI=1S/C14H19NO2/c16-14(17)10-15-13-9-5-4-8-12(13)11-6-2-1-3-7-11/h1-3,6-7,12-13,15H,4-5,8-10H2,(H,16,17). The monoisotopic (exact) mass is 233 g/mol. The van der Waals surface area contributed by atoms with Gasteiger partial charge >= 0.3 is 5.97 Å². The van der Waals surface area contributed by atoms with Crippen molar-refractivity contribution in [1.82, 2.24) is 5.32 Å². The van der Waals surface area contributed by atoms with Gasteiger partial charge in [-0.1, -0.05) is 43.2 Å². The molecular weight excluding hydrogens is 214 g/mol. The second-order valence-corrected chi connectivity index (χ2v) is 4.68.